The number of unbranched alkanes of at least 4 members (excludes halogenated alkanes) is 3. The Kier molecular flexibility index (Phi) is 17.5. The Balaban J connectivity index is 3.00. The molecule has 0 aromatic heterocycles. The lowest BCUT2D eigenvalue weighted by molar-refractivity contribution is -0.121. The molecule has 3 N–H and O–H groups in total. The molecule has 0 radical (unpaired) electrons. The van der Waals surface area contributed by atoms with Crippen molar-refractivity contribution in [3.05, 3.63) is 35.9 Å². The van der Waals surface area contributed by atoms with Crippen LogP contribution in [0.3, 0.4) is 0 Å². The quantitative estimate of drug-likeness (QED) is 0.179. The van der Waals surface area contributed by atoms with E-state index in [-0.39, 0.29) is 43.5 Å². The second-order valence-electron chi connectivity index (χ2n) is 10.0. The minimum absolute atomic E-state index is 0.104. The number of hydrogen-bond donors (Lipinski definition) is 3. The highest BCUT2D eigenvalue weighted by Crippen LogP contribution is 2.27. The van der Waals surface area contributed by atoms with Gasteiger partial charge in [-0.25, -0.2) is 4.79 Å². The molecule has 0 atom stereocenters. The number of hydrogen-bond acceptors (Lipinski definition) is 5. The van der Waals surface area contributed by atoms with Gasteiger partial charge in [0.15, 0.2) is 0 Å². The third-order valence-corrected chi connectivity index (χ3v) is 6.64. The molecule has 1 aromatic rings. The summed E-state index contributed by atoms with van der Waals surface area (Å²) in [4.78, 5) is 50.6. The number of nitrogens with one attached hydrogen (secondary N) is 3. The van der Waals surface area contributed by atoms with E-state index in [1.165, 1.54) is 0 Å². The van der Waals surface area contributed by atoms with Crippen LogP contribution in [0.25, 0.3) is 0 Å². The summed E-state index contributed by atoms with van der Waals surface area (Å²) in [6.07, 6.45) is 6.97. The van der Waals surface area contributed by atoms with Gasteiger partial charge in [-0.15, -0.1) is 0 Å². The van der Waals surface area contributed by atoms with Gasteiger partial charge in [-0.1, -0.05) is 70.4 Å². The number of carbonyl (C=O) groups excluding carboxylic acids is 4. The molecule has 38 heavy (non-hydrogen) atoms. The van der Waals surface area contributed by atoms with Gasteiger partial charge in [-0.3, -0.25) is 14.4 Å². The summed E-state index contributed by atoms with van der Waals surface area (Å²) in [6.45, 7) is 7.46. The maximum atomic E-state index is 12.9. The third-order valence-electron chi connectivity index (χ3n) is 6.64. The highest BCUT2D eigenvalue weighted by molar-refractivity contribution is 5.79. The van der Waals surface area contributed by atoms with Crippen molar-refractivity contribution >= 4 is 23.7 Å². The highest BCUT2D eigenvalue weighted by Gasteiger charge is 2.34. The van der Waals surface area contributed by atoms with E-state index in [9.17, 15) is 19.2 Å². The Morgan fingerprint density at radius 2 is 1.24 bits per heavy atom. The summed E-state index contributed by atoms with van der Waals surface area (Å²) in [5, 5.41) is 8.82. The number of alkyl carbamates (subject to hydrolysis) is 1. The van der Waals surface area contributed by atoms with Gasteiger partial charge in [0.25, 0.3) is 0 Å². The maximum absolute atomic E-state index is 12.9. The molecule has 0 unspecified atom stereocenters. The summed E-state index contributed by atoms with van der Waals surface area (Å²) in [7, 11) is 0. The van der Waals surface area contributed by atoms with E-state index in [0.29, 0.717) is 38.8 Å². The predicted molar refractivity (Wildman–Crippen MR) is 151 cm³/mol. The van der Waals surface area contributed by atoms with Gasteiger partial charge >= 0.3 is 6.09 Å². The van der Waals surface area contributed by atoms with Gasteiger partial charge in [-0.2, -0.15) is 0 Å². The Morgan fingerprint density at radius 1 is 0.711 bits per heavy atom. The van der Waals surface area contributed by atoms with Crippen LogP contribution in [0, 0.1) is 0 Å². The molecule has 0 bridgehead atoms. The standard InChI is InChI=1S/C30H49N3O5/c1-4-7-15-26(34)16-19-30(20-17-27(35)31-22-8-5-2,21-18-28(36)32-23-9-6-3)33-29(37)38-24-25-13-11-10-12-14-25/h10-14H,4-9,15-24H2,1-3H3,(H,31,35)(H,32,36)(H,33,37). The molecule has 0 aliphatic rings. The summed E-state index contributed by atoms with van der Waals surface area (Å²) in [5.74, 6) is -0.0885. The molecule has 0 saturated heterocycles. The van der Waals surface area contributed by atoms with Crippen LogP contribution in [0.2, 0.25) is 0 Å². The monoisotopic (exact) mass is 531 g/mol. The van der Waals surface area contributed by atoms with Crippen molar-refractivity contribution in [2.75, 3.05) is 13.1 Å². The largest absolute Gasteiger partial charge is 0.445 e. The lowest BCUT2D eigenvalue weighted by Crippen LogP contribution is -2.50. The zero-order chi connectivity index (χ0) is 28.1. The Hall–Kier alpha value is -2.90. The lowest BCUT2D eigenvalue weighted by atomic mass is 9.82. The fourth-order valence-electron chi connectivity index (χ4n) is 4.11. The Bertz CT molecular complexity index is 802. The molecule has 0 aliphatic heterocycles. The van der Waals surface area contributed by atoms with E-state index < -0.39 is 11.6 Å². The maximum Gasteiger partial charge on any atom is 0.407 e. The smallest absolute Gasteiger partial charge is 0.407 e. The highest BCUT2D eigenvalue weighted by atomic mass is 16.5. The molecule has 1 aromatic carbocycles. The zero-order valence-electron chi connectivity index (χ0n) is 23.7. The molecule has 0 spiro atoms. The van der Waals surface area contributed by atoms with Crippen molar-refractivity contribution in [3.63, 3.8) is 0 Å². The van der Waals surface area contributed by atoms with E-state index in [2.05, 4.69) is 29.8 Å². The van der Waals surface area contributed by atoms with Crippen molar-refractivity contribution < 1.29 is 23.9 Å². The van der Waals surface area contributed by atoms with Crippen LogP contribution in [-0.4, -0.2) is 42.3 Å². The first-order valence-electron chi connectivity index (χ1n) is 14.4. The second kappa shape index (κ2) is 20.1. The van der Waals surface area contributed by atoms with Crippen LogP contribution < -0.4 is 16.0 Å². The molecule has 8 heteroatoms. The van der Waals surface area contributed by atoms with E-state index in [0.717, 1.165) is 44.1 Å². The number of Topliss-reactive ketones (excluding diaryl/α,β-unsaturated/α-hetero) is 1. The number of ketones is 1. The molecule has 0 fully saturated rings. The number of amides is 3. The molecule has 214 valence electrons. The summed E-state index contributed by atoms with van der Waals surface area (Å²) in [6, 6.07) is 9.37. The number of carbonyl (C=O) groups is 4. The summed E-state index contributed by atoms with van der Waals surface area (Å²) in [5.41, 5.74) is -0.0616. The molecule has 0 aliphatic carbocycles. The van der Waals surface area contributed by atoms with Crippen molar-refractivity contribution in [3.8, 4) is 0 Å². The predicted octanol–water partition coefficient (Wildman–Crippen LogP) is 5.58. The Morgan fingerprint density at radius 3 is 1.76 bits per heavy atom. The minimum Gasteiger partial charge on any atom is -0.445 e. The first kappa shape index (κ1) is 33.1. The first-order chi connectivity index (χ1) is 18.3. The average Bonchev–Trinajstić information content (AvgIpc) is 2.92. The van der Waals surface area contributed by atoms with Gasteiger partial charge in [0.05, 0.1) is 0 Å². The van der Waals surface area contributed by atoms with Gasteiger partial charge < -0.3 is 20.7 Å². The van der Waals surface area contributed by atoms with E-state index in [4.69, 9.17) is 4.74 Å². The van der Waals surface area contributed by atoms with Crippen LogP contribution in [0.5, 0.6) is 0 Å². The van der Waals surface area contributed by atoms with Gasteiger partial charge in [0.1, 0.15) is 12.4 Å². The number of benzene rings is 1. The molecule has 8 nitrogen and oxygen atoms in total. The van der Waals surface area contributed by atoms with E-state index in [1.807, 2.05) is 37.3 Å². The molecule has 0 saturated carbocycles. The van der Waals surface area contributed by atoms with Crippen molar-refractivity contribution in [2.24, 2.45) is 0 Å². The number of rotatable bonds is 21. The Labute approximate surface area is 229 Å². The van der Waals surface area contributed by atoms with Crippen molar-refractivity contribution in [2.45, 2.75) is 116 Å². The summed E-state index contributed by atoms with van der Waals surface area (Å²) < 4.78 is 5.49. The normalized spacial score (nSPS) is 11.0. The fraction of sp³-hybridized carbons (Fsp3) is 0.667. The zero-order valence-corrected chi connectivity index (χ0v) is 23.7. The third kappa shape index (κ3) is 15.4. The molecule has 0 heterocycles. The summed E-state index contributed by atoms with van der Waals surface area (Å²) >= 11 is 0. The SMILES string of the molecule is CCCCNC(=O)CCC(CCC(=O)CCCC)(CCC(=O)NCCCC)NC(=O)OCc1ccccc1. The molecule has 1 rings (SSSR count). The van der Waals surface area contributed by atoms with Gasteiger partial charge in [-0.05, 0) is 44.1 Å². The minimum atomic E-state index is -0.917. The van der Waals surface area contributed by atoms with Crippen molar-refractivity contribution in [1.82, 2.24) is 16.0 Å². The molecular weight excluding hydrogens is 482 g/mol. The fourth-order valence-corrected chi connectivity index (χ4v) is 4.11. The molecular formula is C30H49N3O5. The lowest BCUT2D eigenvalue weighted by Gasteiger charge is -2.34. The van der Waals surface area contributed by atoms with Crippen LogP contribution in [0.15, 0.2) is 30.3 Å². The molecule has 3 amide bonds. The van der Waals surface area contributed by atoms with Crippen LogP contribution in [-0.2, 0) is 25.7 Å². The van der Waals surface area contributed by atoms with E-state index in [1.54, 1.807) is 0 Å². The average molecular weight is 532 g/mol. The van der Waals surface area contributed by atoms with Crippen molar-refractivity contribution in [1.29, 1.82) is 0 Å². The topological polar surface area (TPSA) is 114 Å². The first-order valence-corrected chi connectivity index (χ1v) is 14.4. The van der Waals surface area contributed by atoms with Crippen LogP contribution >= 0.6 is 0 Å². The number of ether oxygens (including phenoxy) is 1. The van der Waals surface area contributed by atoms with Gasteiger partial charge in [0, 0.05) is 44.3 Å². The second-order valence-corrected chi connectivity index (χ2v) is 10.0. The van der Waals surface area contributed by atoms with Gasteiger partial charge in [0.2, 0.25) is 11.8 Å². The van der Waals surface area contributed by atoms with E-state index >= 15 is 0 Å². The van der Waals surface area contributed by atoms with Crippen LogP contribution in [0.1, 0.15) is 110 Å². The van der Waals surface area contributed by atoms with Crippen LogP contribution in [0.4, 0.5) is 4.79 Å².